The molecule has 0 aromatic heterocycles. The normalized spacial score (nSPS) is 12.2. The number of unbranched alkanes of at least 4 members (excludes halogenated alkanes) is 1. The summed E-state index contributed by atoms with van der Waals surface area (Å²) in [6, 6.07) is 9.49. The molecule has 0 aliphatic carbocycles. The highest BCUT2D eigenvalue weighted by Crippen LogP contribution is 2.29. The van der Waals surface area contributed by atoms with E-state index >= 15 is 0 Å². The molecule has 0 bridgehead atoms. The van der Waals surface area contributed by atoms with Crippen LogP contribution in [0.25, 0.3) is 0 Å². The van der Waals surface area contributed by atoms with Crippen molar-refractivity contribution in [3.05, 3.63) is 62.6 Å². The van der Waals surface area contributed by atoms with Crippen molar-refractivity contribution in [2.45, 2.75) is 65.5 Å². The molecular formula is C27H36Cl3N3O4S. The minimum atomic E-state index is -3.62. The van der Waals surface area contributed by atoms with E-state index in [-0.39, 0.29) is 37.7 Å². The van der Waals surface area contributed by atoms with Crippen LogP contribution >= 0.6 is 34.8 Å². The predicted octanol–water partition coefficient (Wildman–Crippen LogP) is 6.23. The first kappa shape index (κ1) is 32.2. The highest BCUT2D eigenvalue weighted by Gasteiger charge is 2.29. The lowest BCUT2D eigenvalue weighted by molar-refractivity contribution is -0.141. The molecule has 210 valence electrons. The van der Waals surface area contributed by atoms with E-state index in [9.17, 15) is 18.0 Å². The van der Waals surface area contributed by atoms with Crippen LogP contribution in [0.3, 0.4) is 0 Å². The Hall–Kier alpha value is -2.00. The first-order valence-corrected chi connectivity index (χ1v) is 15.6. The number of amides is 2. The van der Waals surface area contributed by atoms with Gasteiger partial charge in [-0.15, -0.1) is 0 Å². The zero-order chi connectivity index (χ0) is 28.5. The molecule has 0 fully saturated rings. The lowest BCUT2D eigenvalue weighted by Crippen LogP contribution is -2.49. The number of sulfonamides is 1. The summed E-state index contributed by atoms with van der Waals surface area (Å²) in [5.74, 6) is -0.480. The van der Waals surface area contributed by atoms with E-state index in [1.54, 1.807) is 43.3 Å². The minimum Gasteiger partial charge on any atom is -0.354 e. The van der Waals surface area contributed by atoms with Gasteiger partial charge >= 0.3 is 0 Å². The Balaban J connectivity index is 2.26. The number of hydrogen-bond acceptors (Lipinski definition) is 4. The highest BCUT2D eigenvalue weighted by atomic mass is 35.5. The molecule has 0 saturated heterocycles. The van der Waals surface area contributed by atoms with Gasteiger partial charge in [-0.2, -0.15) is 0 Å². The van der Waals surface area contributed by atoms with Crippen molar-refractivity contribution in [2.75, 3.05) is 23.7 Å². The van der Waals surface area contributed by atoms with E-state index in [2.05, 4.69) is 5.32 Å². The van der Waals surface area contributed by atoms with Crippen LogP contribution in [0.15, 0.2) is 36.4 Å². The number of benzene rings is 2. The summed E-state index contributed by atoms with van der Waals surface area (Å²) in [6.07, 6.45) is 3.62. The third-order valence-corrected chi connectivity index (χ3v) is 8.54. The van der Waals surface area contributed by atoms with Crippen LogP contribution in [-0.4, -0.2) is 50.5 Å². The second-order valence-corrected chi connectivity index (χ2v) is 12.3. The van der Waals surface area contributed by atoms with Gasteiger partial charge in [0.05, 0.1) is 22.0 Å². The van der Waals surface area contributed by atoms with Crippen molar-refractivity contribution in [3.63, 3.8) is 0 Å². The largest absolute Gasteiger partial charge is 0.354 e. The Labute approximate surface area is 241 Å². The van der Waals surface area contributed by atoms with Crippen molar-refractivity contribution >= 4 is 62.3 Å². The average molecular weight is 605 g/mol. The van der Waals surface area contributed by atoms with Gasteiger partial charge < -0.3 is 10.2 Å². The van der Waals surface area contributed by atoms with E-state index < -0.39 is 16.1 Å². The molecule has 2 aromatic rings. The van der Waals surface area contributed by atoms with Crippen LogP contribution in [0.5, 0.6) is 0 Å². The molecule has 0 unspecified atom stereocenters. The molecular weight excluding hydrogens is 569 g/mol. The van der Waals surface area contributed by atoms with Gasteiger partial charge in [-0.25, -0.2) is 8.42 Å². The van der Waals surface area contributed by atoms with E-state index in [4.69, 9.17) is 34.8 Å². The van der Waals surface area contributed by atoms with Gasteiger partial charge in [0.25, 0.3) is 0 Å². The monoisotopic (exact) mass is 603 g/mol. The smallest absolute Gasteiger partial charge is 0.242 e. The van der Waals surface area contributed by atoms with Crippen molar-refractivity contribution in [1.29, 1.82) is 0 Å². The maximum atomic E-state index is 13.5. The fraction of sp³-hybridized carbons (Fsp3) is 0.481. The van der Waals surface area contributed by atoms with Crippen molar-refractivity contribution in [3.8, 4) is 0 Å². The molecule has 11 heteroatoms. The SMILES string of the molecule is CCCCNC(=O)[C@H](CC)N(Cc1ccc(Cl)c(Cl)c1)C(=O)CCCN(c1cccc(Cl)c1C)S(C)(=O)=O. The summed E-state index contributed by atoms with van der Waals surface area (Å²) >= 11 is 18.5. The number of halogens is 3. The summed E-state index contributed by atoms with van der Waals surface area (Å²) in [7, 11) is -3.62. The summed E-state index contributed by atoms with van der Waals surface area (Å²) in [5.41, 5.74) is 1.85. The lowest BCUT2D eigenvalue weighted by atomic mass is 10.1. The Bertz CT molecular complexity index is 1220. The van der Waals surface area contributed by atoms with E-state index in [0.29, 0.717) is 39.3 Å². The first-order valence-electron chi connectivity index (χ1n) is 12.6. The fourth-order valence-corrected chi connectivity index (χ4v) is 5.62. The van der Waals surface area contributed by atoms with E-state index in [1.807, 2.05) is 13.8 Å². The molecule has 1 N–H and O–H groups in total. The van der Waals surface area contributed by atoms with Crippen molar-refractivity contribution in [1.82, 2.24) is 10.2 Å². The number of nitrogens with one attached hydrogen (secondary N) is 1. The standard InChI is InChI=1S/C27H36Cl3N3O4S/c1-5-7-15-31-27(35)24(6-2)32(18-20-13-14-22(29)23(30)17-20)26(34)12-9-16-33(38(4,36)37)25-11-8-10-21(28)19(25)3/h8,10-11,13-14,17,24H,5-7,9,12,15-16,18H2,1-4H3,(H,31,35)/t24-/m0/s1. The quantitative estimate of drug-likeness (QED) is 0.259. The Morgan fingerprint density at radius 3 is 2.32 bits per heavy atom. The summed E-state index contributed by atoms with van der Waals surface area (Å²) in [6.45, 7) is 6.43. The molecule has 2 amide bonds. The topological polar surface area (TPSA) is 86.8 Å². The molecule has 7 nitrogen and oxygen atoms in total. The second-order valence-electron chi connectivity index (χ2n) is 9.16. The van der Waals surface area contributed by atoms with Crippen LogP contribution < -0.4 is 9.62 Å². The van der Waals surface area contributed by atoms with Crippen LogP contribution in [0.2, 0.25) is 15.1 Å². The molecule has 0 saturated carbocycles. The zero-order valence-electron chi connectivity index (χ0n) is 22.3. The molecule has 38 heavy (non-hydrogen) atoms. The van der Waals surface area contributed by atoms with Gasteiger partial charge in [-0.05, 0) is 61.6 Å². The van der Waals surface area contributed by atoms with E-state index in [0.717, 1.165) is 24.7 Å². The number of rotatable bonds is 14. The van der Waals surface area contributed by atoms with Gasteiger partial charge in [0.2, 0.25) is 21.8 Å². The second kappa shape index (κ2) is 15.0. The predicted molar refractivity (Wildman–Crippen MR) is 157 cm³/mol. The van der Waals surface area contributed by atoms with Crippen LogP contribution in [-0.2, 0) is 26.2 Å². The van der Waals surface area contributed by atoms with Crippen molar-refractivity contribution < 1.29 is 18.0 Å². The summed E-state index contributed by atoms with van der Waals surface area (Å²) in [4.78, 5) is 28.1. The maximum Gasteiger partial charge on any atom is 0.242 e. The fourth-order valence-electron chi connectivity index (χ4n) is 4.11. The molecule has 2 rings (SSSR count). The van der Waals surface area contributed by atoms with Gasteiger partial charge in [-0.1, -0.05) is 67.2 Å². The molecule has 1 atom stereocenters. The number of nitrogens with zero attached hydrogens (tertiary/aromatic N) is 2. The summed E-state index contributed by atoms with van der Waals surface area (Å²) in [5, 5.41) is 4.14. The number of hydrogen-bond donors (Lipinski definition) is 1. The Morgan fingerprint density at radius 1 is 1.00 bits per heavy atom. The number of carbonyl (C=O) groups is 2. The van der Waals surface area contributed by atoms with Gasteiger partial charge in [0.15, 0.2) is 0 Å². The van der Waals surface area contributed by atoms with Gasteiger partial charge in [-0.3, -0.25) is 13.9 Å². The molecule has 0 aliphatic heterocycles. The Kier molecular flexibility index (Phi) is 12.7. The van der Waals surface area contributed by atoms with Crippen LogP contribution in [0.4, 0.5) is 5.69 Å². The molecule has 2 aromatic carbocycles. The summed E-state index contributed by atoms with van der Waals surface area (Å²) < 4.78 is 26.4. The molecule has 0 heterocycles. The Morgan fingerprint density at radius 2 is 1.71 bits per heavy atom. The first-order chi connectivity index (χ1) is 17.9. The molecule has 0 radical (unpaired) electrons. The number of carbonyl (C=O) groups excluding carboxylic acids is 2. The van der Waals surface area contributed by atoms with Crippen LogP contribution in [0.1, 0.15) is 57.1 Å². The zero-order valence-corrected chi connectivity index (χ0v) is 25.4. The number of anilines is 1. The van der Waals surface area contributed by atoms with Crippen LogP contribution in [0, 0.1) is 6.92 Å². The lowest BCUT2D eigenvalue weighted by Gasteiger charge is -2.31. The van der Waals surface area contributed by atoms with Gasteiger partial charge in [0, 0.05) is 31.1 Å². The highest BCUT2D eigenvalue weighted by molar-refractivity contribution is 7.92. The molecule has 0 spiro atoms. The average Bonchev–Trinajstić information content (AvgIpc) is 2.85. The van der Waals surface area contributed by atoms with Gasteiger partial charge in [0.1, 0.15) is 6.04 Å². The van der Waals surface area contributed by atoms with Crippen molar-refractivity contribution in [2.24, 2.45) is 0 Å². The maximum absolute atomic E-state index is 13.5. The molecule has 0 aliphatic rings. The minimum absolute atomic E-state index is 0.0473. The third-order valence-electron chi connectivity index (χ3n) is 6.21. The van der Waals surface area contributed by atoms with E-state index in [1.165, 1.54) is 9.21 Å². The third kappa shape index (κ3) is 9.04.